The Morgan fingerprint density at radius 3 is 2.88 bits per heavy atom. The van der Waals surface area contributed by atoms with E-state index >= 15 is 0 Å². The standard InChI is InChI=1S/C18H23N3O3/c1-21(8-9-22)17-7-6-15(19-20-17)11-13-10-14-4-3-5-16(23-2)18(14)24-12-13/h3-7,13,22H,8-12H2,1-2H3. The third kappa shape index (κ3) is 3.59. The van der Waals surface area contributed by atoms with Crippen LogP contribution in [-0.4, -0.2) is 49.2 Å². The Balaban J connectivity index is 1.65. The molecule has 0 radical (unpaired) electrons. The third-order valence-corrected chi connectivity index (χ3v) is 4.28. The second kappa shape index (κ2) is 7.49. The minimum absolute atomic E-state index is 0.0994. The van der Waals surface area contributed by atoms with Crippen molar-refractivity contribution in [1.29, 1.82) is 0 Å². The van der Waals surface area contributed by atoms with E-state index in [1.165, 1.54) is 5.56 Å². The summed E-state index contributed by atoms with van der Waals surface area (Å²) in [6.07, 6.45) is 1.77. The van der Waals surface area contributed by atoms with E-state index in [1.807, 2.05) is 36.2 Å². The van der Waals surface area contributed by atoms with E-state index in [4.69, 9.17) is 14.6 Å². The van der Waals surface area contributed by atoms with Crippen LogP contribution in [0.5, 0.6) is 11.5 Å². The Bertz CT molecular complexity index is 676. The summed E-state index contributed by atoms with van der Waals surface area (Å²) in [5.74, 6) is 2.80. The zero-order valence-electron chi connectivity index (χ0n) is 14.1. The van der Waals surface area contributed by atoms with E-state index in [0.717, 1.165) is 35.9 Å². The molecule has 2 heterocycles. The molecule has 0 spiro atoms. The zero-order valence-corrected chi connectivity index (χ0v) is 14.1. The van der Waals surface area contributed by atoms with Gasteiger partial charge in [-0.15, -0.1) is 5.10 Å². The van der Waals surface area contributed by atoms with Gasteiger partial charge in [0, 0.05) is 19.5 Å². The number of benzene rings is 1. The summed E-state index contributed by atoms with van der Waals surface area (Å²) < 4.78 is 11.3. The number of hydrogen-bond acceptors (Lipinski definition) is 6. The molecule has 0 fully saturated rings. The maximum Gasteiger partial charge on any atom is 0.164 e. The highest BCUT2D eigenvalue weighted by Crippen LogP contribution is 2.36. The van der Waals surface area contributed by atoms with E-state index in [2.05, 4.69) is 16.3 Å². The first-order valence-corrected chi connectivity index (χ1v) is 8.14. The smallest absolute Gasteiger partial charge is 0.164 e. The minimum atomic E-state index is 0.0994. The van der Waals surface area contributed by atoms with Crippen molar-refractivity contribution in [2.75, 3.05) is 38.8 Å². The predicted octanol–water partition coefficient (Wildman–Crippen LogP) is 1.71. The Morgan fingerprint density at radius 1 is 1.29 bits per heavy atom. The van der Waals surface area contributed by atoms with Crippen molar-refractivity contribution in [3.05, 3.63) is 41.6 Å². The van der Waals surface area contributed by atoms with Gasteiger partial charge in [0.15, 0.2) is 17.3 Å². The number of methoxy groups -OCH3 is 1. The maximum absolute atomic E-state index is 8.97. The molecule has 128 valence electrons. The van der Waals surface area contributed by atoms with Gasteiger partial charge in [0.1, 0.15) is 0 Å². The summed E-state index contributed by atoms with van der Waals surface area (Å²) in [4.78, 5) is 1.88. The first kappa shape index (κ1) is 16.5. The lowest BCUT2D eigenvalue weighted by molar-refractivity contribution is 0.210. The summed E-state index contributed by atoms with van der Waals surface area (Å²) in [5.41, 5.74) is 2.13. The number of ether oxygens (including phenoxy) is 2. The molecule has 1 aliphatic heterocycles. The highest BCUT2D eigenvalue weighted by atomic mass is 16.5. The lowest BCUT2D eigenvalue weighted by Crippen LogP contribution is -2.24. The summed E-state index contributed by atoms with van der Waals surface area (Å²) in [6, 6.07) is 9.94. The molecular weight excluding hydrogens is 306 g/mol. The van der Waals surface area contributed by atoms with E-state index in [9.17, 15) is 0 Å². The molecule has 1 N–H and O–H groups in total. The van der Waals surface area contributed by atoms with Crippen molar-refractivity contribution in [3.8, 4) is 11.5 Å². The second-order valence-corrected chi connectivity index (χ2v) is 6.06. The van der Waals surface area contributed by atoms with Gasteiger partial charge in [-0.3, -0.25) is 0 Å². The number of aliphatic hydroxyl groups excluding tert-OH is 1. The Morgan fingerprint density at radius 2 is 2.17 bits per heavy atom. The lowest BCUT2D eigenvalue weighted by atomic mass is 9.92. The molecule has 0 saturated carbocycles. The number of rotatable bonds is 6. The number of aromatic nitrogens is 2. The van der Waals surface area contributed by atoms with Crippen LogP contribution in [0.1, 0.15) is 11.3 Å². The topological polar surface area (TPSA) is 67.7 Å². The molecule has 6 heteroatoms. The Kier molecular flexibility index (Phi) is 5.15. The first-order valence-electron chi connectivity index (χ1n) is 8.14. The monoisotopic (exact) mass is 329 g/mol. The fourth-order valence-corrected chi connectivity index (χ4v) is 2.97. The van der Waals surface area contributed by atoms with Gasteiger partial charge < -0.3 is 19.5 Å². The molecule has 0 amide bonds. The van der Waals surface area contributed by atoms with Crippen molar-refractivity contribution >= 4 is 5.82 Å². The van der Waals surface area contributed by atoms with Crippen molar-refractivity contribution in [1.82, 2.24) is 10.2 Å². The van der Waals surface area contributed by atoms with Crippen LogP contribution in [0.3, 0.4) is 0 Å². The van der Waals surface area contributed by atoms with Crippen LogP contribution in [0.4, 0.5) is 5.82 Å². The molecule has 6 nitrogen and oxygen atoms in total. The number of nitrogens with zero attached hydrogens (tertiary/aromatic N) is 3. The van der Waals surface area contributed by atoms with Gasteiger partial charge in [-0.25, -0.2) is 0 Å². The van der Waals surface area contributed by atoms with Crippen LogP contribution < -0.4 is 14.4 Å². The third-order valence-electron chi connectivity index (χ3n) is 4.28. The molecule has 1 aromatic carbocycles. The van der Waals surface area contributed by atoms with Gasteiger partial charge in [-0.1, -0.05) is 12.1 Å². The largest absolute Gasteiger partial charge is 0.493 e. The SMILES string of the molecule is COc1cccc2c1OCC(Cc1ccc(N(C)CCO)nn1)C2. The summed E-state index contributed by atoms with van der Waals surface area (Å²) in [5, 5.41) is 17.5. The van der Waals surface area contributed by atoms with Crippen LogP contribution in [0.15, 0.2) is 30.3 Å². The van der Waals surface area contributed by atoms with E-state index in [1.54, 1.807) is 7.11 Å². The molecule has 0 aliphatic carbocycles. The highest BCUT2D eigenvalue weighted by molar-refractivity contribution is 5.47. The molecular formula is C18H23N3O3. The molecule has 0 bridgehead atoms. The summed E-state index contributed by atoms with van der Waals surface area (Å²) in [6.45, 7) is 1.30. The number of aliphatic hydroxyl groups is 1. The average Bonchev–Trinajstić information content (AvgIpc) is 2.62. The van der Waals surface area contributed by atoms with Crippen molar-refractivity contribution in [3.63, 3.8) is 0 Å². The Hall–Kier alpha value is -2.34. The number of fused-ring (bicyclic) bond motifs is 1. The van der Waals surface area contributed by atoms with Gasteiger partial charge >= 0.3 is 0 Å². The van der Waals surface area contributed by atoms with Crippen LogP contribution in [0.2, 0.25) is 0 Å². The fourth-order valence-electron chi connectivity index (χ4n) is 2.97. The minimum Gasteiger partial charge on any atom is -0.493 e. The first-order chi connectivity index (χ1) is 11.7. The summed E-state index contributed by atoms with van der Waals surface area (Å²) in [7, 11) is 3.55. The van der Waals surface area contributed by atoms with Crippen LogP contribution in [0.25, 0.3) is 0 Å². The number of anilines is 1. The number of para-hydroxylation sites is 1. The van der Waals surface area contributed by atoms with Gasteiger partial charge in [0.25, 0.3) is 0 Å². The lowest BCUT2D eigenvalue weighted by Gasteiger charge is -2.26. The Labute approximate surface area is 142 Å². The molecule has 0 saturated heterocycles. The van der Waals surface area contributed by atoms with Gasteiger partial charge in [-0.2, -0.15) is 5.10 Å². The van der Waals surface area contributed by atoms with Crippen molar-refractivity contribution < 1.29 is 14.6 Å². The van der Waals surface area contributed by atoms with Crippen LogP contribution in [0, 0.1) is 5.92 Å². The van der Waals surface area contributed by atoms with E-state index in [0.29, 0.717) is 19.1 Å². The van der Waals surface area contributed by atoms with E-state index < -0.39 is 0 Å². The second-order valence-electron chi connectivity index (χ2n) is 6.06. The normalized spacial score (nSPS) is 16.2. The fraction of sp³-hybridized carbons (Fsp3) is 0.444. The van der Waals surface area contributed by atoms with Crippen LogP contribution in [-0.2, 0) is 12.8 Å². The van der Waals surface area contributed by atoms with Crippen molar-refractivity contribution in [2.45, 2.75) is 12.8 Å². The molecule has 1 aromatic heterocycles. The van der Waals surface area contributed by atoms with Crippen molar-refractivity contribution in [2.24, 2.45) is 5.92 Å². The molecule has 24 heavy (non-hydrogen) atoms. The zero-order chi connectivity index (χ0) is 16.9. The van der Waals surface area contributed by atoms with Crippen LogP contribution >= 0.6 is 0 Å². The van der Waals surface area contributed by atoms with Gasteiger partial charge in [-0.05, 0) is 36.6 Å². The molecule has 3 rings (SSSR count). The maximum atomic E-state index is 8.97. The summed E-state index contributed by atoms with van der Waals surface area (Å²) >= 11 is 0. The highest BCUT2D eigenvalue weighted by Gasteiger charge is 2.23. The molecule has 1 aliphatic rings. The molecule has 2 aromatic rings. The van der Waals surface area contributed by atoms with E-state index in [-0.39, 0.29) is 6.61 Å². The van der Waals surface area contributed by atoms with Gasteiger partial charge in [0.2, 0.25) is 0 Å². The number of hydrogen-bond donors (Lipinski definition) is 1. The number of likely N-dealkylation sites (N-methyl/N-ethyl adjacent to an activating group) is 1. The average molecular weight is 329 g/mol. The predicted molar refractivity (Wildman–Crippen MR) is 91.8 cm³/mol. The quantitative estimate of drug-likeness (QED) is 0.870. The van der Waals surface area contributed by atoms with Gasteiger partial charge in [0.05, 0.1) is 26.0 Å². The molecule has 1 unspecified atom stereocenters. The molecule has 1 atom stereocenters.